The van der Waals surface area contributed by atoms with Crippen molar-refractivity contribution in [3.8, 4) is 0 Å². The smallest absolute Gasteiger partial charge is 0.269 e. The molecule has 80 valence electrons. The van der Waals surface area contributed by atoms with Crippen molar-refractivity contribution in [2.75, 3.05) is 4.72 Å². The maximum Gasteiger partial charge on any atom is 0.359 e. The van der Waals surface area contributed by atoms with Gasteiger partial charge in [-0.15, -0.1) is 11.3 Å². The molecule has 1 rings (SSSR count). The summed E-state index contributed by atoms with van der Waals surface area (Å²) in [6, 6.07) is 0. The fourth-order valence-electron chi connectivity index (χ4n) is 0.775. The molecule has 0 fully saturated rings. The second-order valence-electron chi connectivity index (χ2n) is 3.87. The van der Waals surface area contributed by atoms with Crippen LogP contribution in [0.1, 0.15) is 26.5 Å². The number of rotatable bonds is 2. The van der Waals surface area contributed by atoms with Crippen LogP contribution in [0.4, 0.5) is 5.13 Å². The fourth-order valence-corrected chi connectivity index (χ4v) is 2.33. The normalized spacial score (nSPS) is 12.9. The van der Waals surface area contributed by atoms with E-state index in [1.54, 1.807) is 5.38 Å². The second kappa shape index (κ2) is 3.48. The van der Waals surface area contributed by atoms with E-state index in [1.807, 2.05) is 25.5 Å². The van der Waals surface area contributed by atoms with Gasteiger partial charge in [0.1, 0.15) is 0 Å². The zero-order valence-corrected chi connectivity index (χ0v) is 9.74. The van der Waals surface area contributed by atoms with Crippen molar-refractivity contribution >= 4 is 26.8 Å². The third-order valence-corrected chi connectivity index (χ3v) is 2.83. The molecule has 0 radical (unpaired) electrons. The van der Waals surface area contributed by atoms with Crippen LogP contribution in [-0.4, -0.2) is 18.0 Å². The summed E-state index contributed by atoms with van der Waals surface area (Å²) in [6.45, 7) is 5.91. The topological polar surface area (TPSA) is 79.3 Å². The average Bonchev–Trinajstić information content (AvgIpc) is 2.29. The van der Waals surface area contributed by atoms with Gasteiger partial charge in [-0.3, -0.25) is 4.55 Å². The molecule has 2 N–H and O–H groups in total. The second-order valence-corrected chi connectivity index (χ2v) is 5.88. The predicted molar refractivity (Wildman–Crippen MR) is 56.0 cm³/mol. The highest BCUT2D eigenvalue weighted by Gasteiger charge is 2.18. The van der Waals surface area contributed by atoms with Crippen LogP contribution in [0.3, 0.4) is 0 Å². The highest BCUT2D eigenvalue weighted by molar-refractivity contribution is 7.87. The summed E-state index contributed by atoms with van der Waals surface area (Å²) in [6.07, 6.45) is 0. The Kier molecular flexibility index (Phi) is 2.84. The van der Waals surface area contributed by atoms with Crippen LogP contribution in [0, 0.1) is 0 Å². The molecule has 0 saturated heterocycles. The van der Waals surface area contributed by atoms with E-state index in [0.29, 0.717) is 0 Å². The monoisotopic (exact) mass is 236 g/mol. The average molecular weight is 236 g/mol. The molecule has 0 aliphatic heterocycles. The van der Waals surface area contributed by atoms with Gasteiger partial charge in [-0.2, -0.15) is 8.42 Å². The largest absolute Gasteiger partial charge is 0.359 e. The number of thiazole rings is 1. The molecule has 0 unspecified atom stereocenters. The minimum atomic E-state index is -4.21. The molecule has 0 amide bonds. The lowest BCUT2D eigenvalue weighted by molar-refractivity contribution is 0.489. The van der Waals surface area contributed by atoms with Gasteiger partial charge < -0.3 is 0 Å². The zero-order chi connectivity index (χ0) is 11.0. The minimum absolute atomic E-state index is 0.129. The molecule has 14 heavy (non-hydrogen) atoms. The van der Waals surface area contributed by atoms with Gasteiger partial charge in [0.2, 0.25) is 0 Å². The van der Waals surface area contributed by atoms with Crippen LogP contribution >= 0.6 is 11.3 Å². The van der Waals surface area contributed by atoms with E-state index in [4.69, 9.17) is 4.55 Å². The van der Waals surface area contributed by atoms with Crippen LogP contribution in [0.25, 0.3) is 0 Å². The summed E-state index contributed by atoms with van der Waals surface area (Å²) in [5.41, 5.74) is 0.656. The van der Waals surface area contributed by atoms with Gasteiger partial charge in [0.05, 0.1) is 5.69 Å². The lowest BCUT2D eigenvalue weighted by Crippen LogP contribution is -2.13. The van der Waals surface area contributed by atoms with Crippen molar-refractivity contribution in [2.24, 2.45) is 0 Å². The molecule has 0 bridgehead atoms. The first-order chi connectivity index (χ1) is 6.18. The quantitative estimate of drug-likeness (QED) is 0.765. The molecule has 0 spiro atoms. The Labute approximate surface area is 87.1 Å². The third kappa shape index (κ3) is 3.24. The summed E-state index contributed by atoms with van der Waals surface area (Å²) in [4.78, 5) is 4.04. The molecule has 0 atom stereocenters. The molecule has 7 heteroatoms. The van der Waals surface area contributed by atoms with E-state index in [-0.39, 0.29) is 10.5 Å². The van der Waals surface area contributed by atoms with Crippen LogP contribution in [-0.2, 0) is 15.7 Å². The summed E-state index contributed by atoms with van der Waals surface area (Å²) >= 11 is 1.14. The standard InChI is InChI=1S/C7H12N2O3S2/c1-7(2,3)5-4-13-6(8-5)9-14(10,11)12/h4H,1-3H3,(H,8,9)(H,10,11,12). The highest BCUT2D eigenvalue weighted by Crippen LogP contribution is 2.26. The number of anilines is 1. The lowest BCUT2D eigenvalue weighted by Gasteiger charge is -2.13. The SMILES string of the molecule is CC(C)(C)c1csc(NS(=O)(=O)O)n1. The van der Waals surface area contributed by atoms with Crippen LogP contribution in [0.2, 0.25) is 0 Å². The highest BCUT2D eigenvalue weighted by atomic mass is 32.2. The summed E-state index contributed by atoms with van der Waals surface area (Å²) in [5.74, 6) is 0. The summed E-state index contributed by atoms with van der Waals surface area (Å²) in [5, 5.41) is 1.94. The Bertz CT molecular complexity index is 416. The number of nitrogens with zero attached hydrogens (tertiary/aromatic N) is 1. The van der Waals surface area contributed by atoms with Gasteiger partial charge in [0.25, 0.3) is 0 Å². The maximum atomic E-state index is 10.5. The van der Waals surface area contributed by atoms with E-state index in [9.17, 15) is 8.42 Å². The maximum absolute atomic E-state index is 10.5. The van der Waals surface area contributed by atoms with Crippen LogP contribution in [0.5, 0.6) is 0 Å². The molecule has 1 aromatic heterocycles. The van der Waals surface area contributed by atoms with E-state index in [1.165, 1.54) is 0 Å². The first-order valence-electron chi connectivity index (χ1n) is 3.90. The van der Waals surface area contributed by atoms with E-state index >= 15 is 0 Å². The van der Waals surface area contributed by atoms with Gasteiger partial charge in [-0.05, 0) is 0 Å². The van der Waals surface area contributed by atoms with E-state index in [2.05, 4.69) is 4.98 Å². The van der Waals surface area contributed by atoms with Crippen molar-refractivity contribution in [3.63, 3.8) is 0 Å². The molecule has 1 heterocycles. The first kappa shape index (κ1) is 11.4. The van der Waals surface area contributed by atoms with Crippen molar-refractivity contribution in [1.82, 2.24) is 4.98 Å². The molecular formula is C7H12N2O3S2. The van der Waals surface area contributed by atoms with Crippen molar-refractivity contribution in [1.29, 1.82) is 0 Å². The van der Waals surface area contributed by atoms with Gasteiger partial charge >= 0.3 is 10.3 Å². The molecule has 0 saturated carbocycles. The Hall–Kier alpha value is -0.660. The molecule has 5 nitrogen and oxygen atoms in total. The third-order valence-electron chi connectivity index (χ3n) is 1.49. The van der Waals surface area contributed by atoms with E-state index in [0.717, 1.165) is 17.0 Å². The Morgan fingerprint density at radius 3 is 2.43 bits per heavy atom. The van der Waals surface area contributed by atoms with Gasteiger partial charge in [0.15, 0.2) is 5.13 Å². The molecule has 0 aromatic carbocycles. The molecule has 0 aliphatic carbocycles. The summed E-state index contributed by atoms with van der Waals surface area (Å²) < 4.78 is 31.4. The van der Waals surface area contributed by atoms with Crippen molar-refractivity contribution in [2.45, 2.75) is 26.2 Å². The van der Waals surface area contributed by atoms with Crippen LogP contribution < -0.4 is 4.72 Å². The van der Waals surface area contributed by atoms with Crippen LogP contribution in [0.15, 0.2) is 5.38 Å². The Morgan fingerprint density at radius 2 is 2.07 bits per heavy atom. The number of hydrogen-bond acceptors (Lipinski definition) is 4. The number of nitrogens with one attached hydrogen (secondary N) is 1. The van der Waals surface area contributed by atoms with Crippen molar-refractivity contribution in [3.05, 3.63) is 11.1 Å². The minimum Gasteiger partial charge on any atom is -0.269 e. The lowest BCUT2D eigenvalue weighted by atomic mass is 9.93. The fraction of sp³-hybridized carbons (Fsp3) is 0.571. The number of aromatic nitrogens is 1. The van der Waals surface area contributed by atoms with E-state index < -0.39 is 10.3 Å². The molecule has 0 aliphatic rings. The van der Waals surface area contributed by atoms with Gasteiger partial charge in [-0.25, -0.2) is 9.71 Å². The molecular weight excluding hydrogens is 224 g/mol. The zero-order valence-electron chi connectivity index (χ0n) is 8.10. The summed E-state index contributed by atoms with van der Waals surface area (Å²) in [7, 11) is -4.21. The first-order valence-corrected chi connectivity index (χ1v) is 6.22. The van der Waals surface area contributed by atoms with Gasteiger partial charge in [-0.1, -0.05) is 20.8 Å². The van der Waals surface area contributed by atoms with Crippen molar-refractivity contribution < 1.29 is 13.0 Å². The molecule has 1 aromatic rings. The Morgan fingerprint density at radius 1 is 1.50 bits per heavy atom. The van der Waals surface area contributed by atoms with Gasteiger partial charge in [0, 0.05) is 10.8 Å². The Balaban J connectivity index is 2.90. The number of hydrogen-bond donors (Lipinski definition) is 2. The predicted octanol–water partition coefficient (Wildman–Crippen LogP) is 1.66.